The molecule has 1 saturated heterocycles. The van der Waals surface area contributed by atoms with E-state index in [1.54, 1.807) is 47.4 Å². The van der Waals surface area contributed by atoms with E-state index in [1.165, 1.54) is 0 Å². The number of amides is 2. The van der Waals surface area contributed by atoms with Gasteiger partial charge in [0.15, 0.2) is 0 Å². The van der Waals surface area contributed by atoms with Crippen molar-refractivity contribution in [1.29, 1.82) is 0 Å². The number of para-hydroxylation sites is 1. The highest BCUT2D eigenvalue weighted by Crippen LogP contribution is 2.19. The summed E-state index contributed by atoms with van der Waals surface area (Å²) >= 11 is 5.87. The molecule has 2 N–H and O–H groups in total. The summed E-state index contributed by atoms with van der Waals surface area (Å²) < 4.78 is 5.46. The zero-order valence-electron chi connectivity index (χ0n) is 15.1. The average Bonchev–Trinajstić information content (AvgIpc) is 2.68. The maximum absolute atomic E-state index is 12.6. The Morgan fingerprint density at radius 2 is 1.93 bits per heavy atom. The van der Waals surface area contributed by atoms with E-state index in [0.29, 0.717) is 41.7 Å². The second-order valence-electron chi connectivity index (χ2n) is 6.38. The smallest absolute Gasteiger partial charge is 0.257 e. The molecule has 0 radical (unpaired) electrons. The Kier molecular flexibility index (Phi) is 6.32. The van der Waals surface area contributed by atoms with E-state index < -0.39 is 0 Å². The molecular weight excluding hydrogens is 366 g/mol. The van der Waals surface area contributed by atoms with Crippen LogP contribution < -0.4 is 10.6 Å². The molecule has 2 aromatic rings. The Morgan fingerprint density at radius 3 is 2.67 bits per heavy atom. The van der Waals surface area contributed by atoms with Crippen LogP contribution in [0.5, 0.6) is 0 Å². The first-order valence-corrected chi connectivity index (χ1v) is 9.20. The Balaban J connectivity index is 1.63. The third kappa shape index (κ3) is 5.21. The van der Waals surface area contributed by atoms with Crippen LogP contribution in [0.2, 0.25) is 5.02 Å². The van der Waals surface area contributed by atoms with E-state index in [-0.39, 0.29) is 24.5 Å². The van der Waals surface area contributed by atoms with Gasteiger partial charge in [-0.05, 0) is 43.3 Å². The number of morpholine rings is 1. The maximum atomic E-state index is 12.6. The lowest BCUT2D eigenvalue weighted by Gasteiger charge is -2.31. The summed E-state index contributed by atoms with van der Waals surface area (Å²) in [6.07, 6.45) is 0.0418. The molecule has 2 aromatic carbocycles. The van der Waals surface area contributed by atoms with Crippen LogP contribution in [0.1, 0.15) is 17.3 Å². The van der Waals surface area contributed by atoms with E-state index in [9.17, 15) is 9.59 Å². The number of nitrogens with one attached hydrogen (secondary N) is 2. The van der Waals surface area contributed by atoms with Gasteiger partial charge in [-0.3, -0.25) is 9.59 Å². The van der Waals surface area contributed by atoms with Crippen LogP contribution in [0, 0.1) is 0 Å². The van der Waals surface area contributed by atoms with Crippen molar-refractivity contribution in [2.24, 2.45) is 0 Å². The summed E-state index contributed by atoms with van der Waals surface area (Å²) in [7, 11) is 0. The summed E-state index contributed by atoms with van der Waals surface area (Å²) in [6, 6.07) is 14.0. The molecule has 0 saturated carbocycles. The topological polar surface area (TPSA) is 70.7 Å². The van der Waals surface area contributed by atoms with Gasteiger partial charge in [0.2, 0.25) is 5.91 Å². The summed E-state index contributed by atoms with van der Waals surface area (Å²) in [5.74, 6) is -0.272. The van der Waals surface area contributed by atoms with Gasteiger partial charge in [0.1, 0.15) is 0 Å². The quantitative estimate of drug-likeness (QED) is 0.826. The van der Waals surface area contributed by atoms with E-state index in [0.717, 1.165) is 0 Å². The highest BCUT2D eigenvalue weighted by atomic mass is 35.5. The zero-order valence-corrected chi connectivity index (χ0v) is 15.8. The molecule has 1 aliphatic heterocycles. The summed E-state index contributed by atoms with van der Waals surface area (Å²) in [4.78, 5) is 26.8. The van der Waals surface area contributed by atoms with Crippen LogP contribution in [0.4, 0.5) is 11.4 Å². The lowest BCUT2D eigenvalue weighted by atomic mass is 10.1. The number of hydrogen-bond acceptors (Lipinski definition) is 4. The molecule has 6 nitrogen and oxygen atoms in total. The molecule has 3 rings (SSSR count). The first-order valence-electron chi connectivity index (χ1n) is 8.82. The van der Waals surface area contributed by atoms with Crippen molar-refractivity contribution in [2.45, 2.75) is 13.0 Å². The number of anilines is 2. The third-order valence-corrected chi connectivity index (χ3v) is 4.55. The second kappa shape index (κ2) is 8.88. The molecule has 1 unspecified atom stereocenters. The van der Waals surface area contributed by atoms with Crippen molar-refractivity contribution < 1.29 is 14.3 Å². The van der Waals surface area contributed by atoms with Crippen molar-refractivity contribution in [1.82, 2.24) is 4.90 Å². The fourth-order valence-corrected chi connectivity index (χ4v) is 3.02. The van der Waals surface area contributed by atoms with Gasteiger partial charge in [-0.15, -0.1) is 0 Å². The molecule has 142 valence electrons. The number of carbonyl (C=O) groups excluding carboxylic acids is 2. The Morgan fingerprint density at radius 1 is 1.19 bits per heavy atom. The molecule has 1 fully saturated rings. The van der Waals surface area contributed by atoms with E-state index in [2.05, 4.69) is 10.6 Å². The predicted molar refractivity (Wildman–Crippen MR) is 106 cm³/mol. The monoisotopic (exact) mass is 387 g/mol. The second-order valence-corrected chi connectivity index (χ2v) is 6.82. The molecule has 0 spiro atoms. The molecule has 1 aliphatic rings. The highest BCUT2D eigenvalue weighted by molar-refractivity contribution is 6.30. The van der Waals surface area contributed by atoms with Crippen molar-refractivity contribution in [3.8, 4) is 0 Å². The number of benzene rings is 2. The Hall–Kier alpha value is -2.57. The van der Waals surface area contributed by atoms with Crippen LogP contribution in [0.15, 0.2) is 48.5 Å². The number of ether oxygens (including phenoxy) is 1. The molecule has 1 heterocycles. The molecular formula is C20H22ClN3O3. The molecule has 0 aromatic heterocycles. The van der Waals surface area contributed by atoms with Crippen LogP contribution in [0.3, 0.4) is 0 Å². The van der Waals surface area contributed by atoms with Crippen molar-refractivity contribution >= 4 is 34.8 Å². The van der Waals surface area contributed by atoms with Gasteiger partial charge in [-0.25, -0.2) is 0 Å². The lowest BCUT2D eigenvalue weighted by Crippen LogP contribution is -2.46. The van der Waals surface area contributed by atoms with Gasteiger partial charge in [0, 0.05) is 29.5 Å². The average molecular weight is 388 g/mol. The first kappa shape index (κ1) is 19.2. The predicted octanol–water partition coefficient (Wildman–Crippen LogP) is 3.25. The fraction of sp³-hybridized carbons (Fsp3) is 0.300. The van der Waals surface area contributed by atoms with E-state index in [1.807, 2.05) is 13.0 Å². The van der Waals surface area contributed by atoms with Gasteiger partial charge in [0.25, 0.3) is 5.91 Å². The standard InChI is InChI=1S/C20H22ClN3O3/c1-14-13-24(10-11-27-14)19(25)12-22-18-5-3-2-4-17(18)20(26)23-16-8-6-15(21)7-9-16/h2-9,14,22H,10-13H2,1H3,(H,23,26). The fourth-order valence-electron chi connectivity index (χ4n) is 2.89. The number of rotatable bonds is 5. The molecule has 1 atom stereocenters. The molecule has 7 heteroatoms. The minimum Gasteiger partial charge on any atom is -0.376 e. The minimum atomic E-state index is -0.257. The van der Waals surface area contributed by atoms with Crippen LogP contribution >= 0.6 is 11.6 Å². The van der Waals surface area contributed by atoms with E-state index >= 15 is 0 Å². The SMILES string of the molecule is CC1CN(C(=O)CNc2ccccc2C(=O)Nc2ccc(Cl)cc2)CCO1. The minimum absolute atomic E-state index is 0.0157. The molecule has 0 bridgehead atoms. The number of halogens is 1. The number of carbonyl (C=O) groups is 2. The molecule has 2 amide bonds. The lowest BCUT2D eigenvalue weighted by molar-refractivity contribution is -0.136. The van der Waals surface area contributed by atoms with Crippen molar-refractivity contribution in [2.75, 3.05) is 36.9 Å². The molecule has 0 aliphatic carbocycles. The zero-order chi connectivity index (χ0) is 19.2. The van der Waals surface area contributed by atoms with Gasteiger partial charge in [-0.2, -0.15) is 0 Å². The van der Waals surface area contributed by atoms with Crippen molar-refractivity contribution in [3.63, 3.8) is 0 Å². The third-order valence-electron chi connectivity index (χ3n) is 4.30. The van der Waals surface area contributed by atoms with Crippen LogP contribution in [-0.2, 0) is 9.53 Å². The summed E-state index contributed by atoms with van der Waals surface area (Å²) in [5, 5.41) is 6.52. The van der Waals surface area contributed by atoms with Gasteiger partial charge < -0.3 is 20.3 Å². The summed E-state index contributed by atoms with van der Waals surface area (Å²) in [6.45, 7) is 3.79. The molecule has 27 heavy (non-hydrogen) atoms. The van der Waals surface area contributed by atoms with Crippen molar-refractivity contribution in [3.05, 3.63) is 59.1 Å². The number of nitrogens with zero attached hydrogens (tertiary/aromatic N) is 1. The van der Waals surface area contributed by atoms with Gasteiger partial charge in [-0.1, -0.05) is 23.7 Å². The van der Waals surface area contributed by atoms with Crippen LogP contribution in [-0.4, -0.2) is 49.1 Å². The normalized spacial score (nSPS) is 16.7. The summed E-state index contributed by atoms with van der Waals surface area (Å²) in [5.41, 5.74) is 1.73. The Labute approximate surface area is 163 Å². The van der Waals surface area contributed by atoms with E-state index in [4.69, 9.17) is 16.3 Å². The Bertz CT molecular complexity index is 810. The van der Waals surface area contributed by atoms with Crippen LogP contribution in [0.25, 0.3) is 0 Å². The number of hydrogen-bond donors (Lipinski definition) is 2. The van der Waals surface area contributed by atoms with Gasteiger partial charge in [0.05, 0.1) is 24.8 Å². The largest absolute Gasteiger partial charge is 0.376 e. The first-order chi connectivity index (χ1) is 13.0. The van der Waals surface area contributed by atoms with Gasteiger partial charge >= 0.3 is 0 Å². The maximum Gasteiger partial charge on any atom is 0.257 e. The highest BCUT2D eigenvalue weighted by Gasteiger charge is 2.21.